The van der Waals surface area contributed by atoms with Gasteiger partial charge >= 0.3 is 5.97 Å². The molecule has 1 atom stereocenters. The Kier molecular flexibility index (Phi) is 7.00. The first-order chi connectivity index (χ1) is 16.3. The number of carbonyl (C=O) groups excluding carboxylic acids is 4. The molecule has 2 N–H and O–H groups in total. The summed E-state index contributed by atoms with van der Waals surface area (Å²) in [6, 6.07) is 17.4. The van der Waals surface area contributed by atoms with Gasteiger partial charge in [-0.15, -0.1) is 0 Å². The maximum absolute atomic E-state index is 12.4. The first-order valence-electron chi connectivity index (χ1n) is 10.3. The Balaban J connectivity index is 1.30. The van der Waals surface area contributed by atoms with Gasteiger partial charge in [0.15, 0.2) is 6.61 Å². The van der Waals surface area contributed by atoms with Crippen LogP contribution in [0.15, 0.2) is 60.7 Å². The fourth-order valence-electron chi connectivity index (χ4n) is 3.61. The van der Waals surface area contributed by atoms with Crippen LogP contribution in [0.25, 0.3) is 10.8 Å². The van der Waals surface area contributed by atoms with Crippen molar-refractivity contribution in [3.05, 3.63) is 76.3 Å². The van der Waals surface area contributed by atoms with Gasteiger partial charge in [-0.3, -0.25) is 29.6 Å². The molecule has 3 amide bonds. The highest BCUT2D eigenvalue weighted by Gasteiger charge is 2.37. The van der Waals surface area contributed by atoms with Gasteiger partial charge in [-0.2, -0.15) is 0 Å². The molecule has 8 nitrogen and oxygen atoms in total. The van der Waals surface area contributed by atoms with E-state index in [0.29, 0.717) is 10.7 Å². The lowest BCUT2D eigenvalue weighted by molar-refractivity contribution is -0.151. The standard InChI is InChI=1S/C24H19Cl2N3O5/c25-16-8-9-18(19(26)11-16)23(32)28-29-12-15(10-22(29)31)24(33)34-13-21(30)27-20-7-3-5-14-4-1-2-6-17(14)20/h1-9,11,15H,10,12-13H2,(H,27,30)(H,28,32)/t15-/m0/s1. The van der Waals surface area contributed by atoms with Crippen molar-refractivity contribution in [1.82, 2.24) is 10.4 Å². The lowest BCUT2D eigenvalue weighted by Gasteiger charge is -2.18. The number of nitrogens with zero attached hydrogens (tertiary/aromatic N) is 1. The predicted molar refractivity (Wildman–Crippen MR) is 127 cm³/mol. The third-order valence-corrected chi connectivity index (χ3v) is 5.83. The largest absolute Gasteiger partial charge is 0.455 e. The summed E-state index contributed by atoms with van der Waals surface area (Å²) in [7, 11) is 0. The summed E-state index contributed by atoms with van der Waals surface area (Å²) in [6.07, 6.45) is -0.154. The molecule has 3 aromatic rings. The Morgan fingerprint density at radius 2 is 1.79 bits per heavy atom. The third kappa shape index (κ3) is 5.30. The topological polar surface area (TPSA) is 105 Å². The Hall–Kier alpha value is -3.62. The zero-order valence-electron chi connectivity index (χ0n) is 17.7. The molecule has 3 aromatic carbocycles. The average molecular weight is 500 g/mol. The van der Waals surface area contributed by atoms with E-state index in [-0.39, 0.29) is 23.6 Å². The molecule has 174 valence electrons. The van der Waals surface area contributed by atoms with Crippen molar-refractivity contribution in [1.29, 1.82) is 0 Å². The van der Waals surface area contributed by atoms with Gasteiger partial charge in [0.2, 0.25) is 5.91 Å². The van der Waals surface area contributed by atoms with E-state index in [2.05, 4.69) is 10.7 Å². The number of rotatable bonds is 6. The number of amides is 3. The first kappa shape index (κ1) is 23.5. The van der Waals surface area contributed by atoms with Crippen LogP contribution in [0.1, 0.15) is 16.8 Å². The number of carbonyl (C=O) groups is 4. The monoisotopic (exact) mass is 499 g/mol. The Bertz CT molecular complexity index is 1290. The molecule has 4 rings (SSSR count). The zero-order chi connectivity index (χ0) is 24.2. The molecular formula is C24H19Cl2N3O5. The van der Waals surface area contributed by atoms with E-state index in [1.54, 1.807) is 6.07 Å². The average Bonchev–Trinajstić information content (AvgIpc) is 3.17. The molecule has 1 fully saturated rings. The lowest BCUT2D eigenvalue weighted by Crippen LogP contribution is -2.43. The number of hydrogen-bond acceptors (Lipinski definition) is 5. The molecule has 1 aliphatic rings. The van der Waals surface area contributed by atoms with E-state index in [0.717, 1.165) is 15.8 Å². The normalized spacial score (nSPS) is 15.3. The van der Waals surface area contributed by atoms with Crippen LogP contribution < -0.4 is 10.7 Å². The molecule has 0 spiro atoms. The Morgan fingerprint density at radius 3 is 2.59 bits per heavy atom. The summed E-state index contributed by atoms with van der Waals surface area (Å²) in [5, 5.41) is 6.08. The molecule has 0 saturated carbocycles. The minimum atomic E-state index is -0.821. The summed E-state index contributed by atoms with van der Waals surface area (Å²) < 4.78 is 5.11. The van der Waals surface area contributed by atoms with Gasteiger partial charge in [-0.1, -0.05) is 59.6 Å². The number of nitrogens with one attached hydrogen (secondary N) is 2. The zero-order valence-corrected chi connectivity index (χ0v) is 19.2. The smallest absolute Gasteiger partial charge is 0.311 e. The summed E-state index contributed by atoms with van der Waals surface area (Å²) >= 11 is 11.9. The van der Waals surface area contributed by atoms with Gasteiger partial charge < -0.3 is 10.1 Å². The van der Waals surface area contributed by atoms with Gasteiger partial charge in [0.05, 0.1) is 23.0 Å². The van der Waals surface area contributed by atoms with E-state index in [1.807, 2.05) is 36.4 Å². The second-order valence-corrected chi connectivity index (χ2v) is 8.50. The summed E-state index contributed by atoms with van der Waals surface area (Å²) in [5.41, 5.74) is 3.17. The van der Waals surface area contributed by atoms with Crippen LogP contribution in [0, 0.1) is 5.92 Å². The molecule has 0 unspecified atom stereocenters. The van der Waals surface area contributed by atoms with Gasteiger partial charge in [0, 0.05) is 22.5 Å². The van der Waals surface area contributed by atoms with Gasteiger partial charge in [0.1, 0.15) is 0 Å². The fourth-order valence-corrected chi connectivity index (χ4v) is 4.10. The predicted octanol–water partition coefficient (Wildman–Crippen LogP) is 3.82. The molecule has 0 bridgehead atoms. The van der Waals surface area contributed by atoms with E-state index in [4.69, 9.17) is 27.9 Å². The minimum absolute atomic E-state index is 0.0838. The van der Waals surface area contributed by atoms with Gasteiger partial charge in [0.25, 0.3) is 11.8 Å². The number of ether oxygens (including phenoxy) is 1. The molecule has 0 radical (unpaired) electrons. The fraction of sp³-hybridized carbons (Fsp3) is 0.167. The number of hydrogen-bond donors (Lipinski definition) is 2. The molecule has 1 saturated heterocycles. The second-order valence-electron chi connectivity index (χ2n) is 7.65. The maximum Gasteiger partial charge on any atom is 0.311 e. The number of hydrazine groups is 1. The minimum Gasteiger partial charge on any atom is -0.455 e. The molecule has 1 heterocycles. The van der Waals surface area contributed by atoms with Crippen molar-refractivity contribution in [2.45, 2.75) is 6.42 Å². The van der Waals surface area contributed by atoms with E-state index in [1.165, 1.54) is 18.2 Å². The number of fused-ring (bicyclic) bond motifs is 1. The highest BCUT2D eigenvalue weighted by Crippen LogP contribution is 2.24. The van der Waals surface area contributed by atoms with Crippen LogP contribution in [0.5, 0.6) is 0 Å². The van der Waals surface area contributed by atoms with Gasteiger partial charge in [-0.05, 0) is 29.7 Å². The van der Waals surface area contributed by atoms with Crippen molar-refractivity contribution >= 4 is 63.4 Å². The highest BCUT2D eigenvalue weighted by atomic mass is 35.5. The second kappa shape index (κ2) is 10.1. The Labute approximate surface area is 204 Å². The van der Waals surface area contributed by atoms with Crippen LogP contribution in [0.3, 0.4) is 0 Å². The third-order valence-electron chi connectivity index (χ3n) is 5.28. The lowest BCUT2D eigenvalue weighted by atomic mass is 10.1. The van der Waals surface area contributed by atoms with Crippen molar-refractivity contribution in [3.8, 4) is 0 Å². The van der Waals surface area contributed by atoms with Crippen LogP contribution in [0.4, 0.5) is 5.69 Å². The molecule has 0 aliphatic carbocycles. The summed E-state index contributed by atoms with van der Waals surface area (Å²) in [4.78, 5) is 49.4. The quantitative estimate of drug-likeness (QED) is 0.501. The number of benzene rings is 3. The van der Waals surface area contributed by atoms with Crippen molar-refractivity contribution in [2.75, 3.05) is 18.5 Å². The molecule has 0 aromatic heterocycles. The number of esters is 1. The first-order valence-corrected chi connectivity index (χ1v) is 11.1. The van der Waals surface area contributed by atoms with Crippen LogP contribution in [-0.4, -0.2) is 41.9 Å². The molecule has 10 heteroatoms. The molecule has 34 heavy (non-hydrogen) atoms. The van der Waals surface area contributed by atoms with Crippen LogP contribution in [0.2, 0.25) is 10.0 Å². The van der Waals surface area contributed by atoms with Gasteiger partial charge in [-0.25, -0.2) is 0 Å². The number of halogens is 2. The van der Waals surface area contributed by atoms with E-state index < -0.39 is 36.2 Å². The highest BCUT2D eigenvalue weighted by molar-refractivity contribution is 6.36. The van der Waals surface area contributed by atoms with Crippen molar-refractivity contribution in [2.24, 2.45) is 5.92 Å². The van der Waals surface area contributed by atoms with Crippen molar-refractivity contribution < 1.29 is 23.9 Å². The van der Waals surface area contributed by atoms with Crippen LogP contribution >= 0.6 is 23.2 Å². The number of anilines is 1. The summed E-state index contributed by atoms with van der Waals surface area (Å²) in [5.74, 6) is -3.10. The van der Waals surface area contributed by atoms with E-state index >= 15 is 0 Å². The van der Waals surface area contributed by atoms with Crippen LogP contribution in [-0.2, 0) is 19.1 Å². The molecule has 1 aliphatic heterocycles. The maximum atomic E-state index is 12.4. The molecular weight excluding hydrogens is 481 g/mol. The Morgan fingerprint density at radius 1 is 1.03 bits per heavy atom. The van der Waals surface area contributed by atoms with E-state index in [9.17, 15) is 19.2 Å². The van der Waals surface area contributed by atoms with Crippen molar-refractivity contribution in [3.63, 3.8) is 0 Å². The summed E-state index contributed by atoms with van der Waals surface area (Å²) in [6.45, 7) is -0.584. The SMILES string of the molecule is O=C(COC(=O)[C@H]1CC(=O)N(NC(=O)c2ccc(Cl)cc2Cl)C1)Nc1cccc2ccccc12.